The summed E-state index contributed by atoms with van der Waals surface area (Å²) in [4.78, 5) is 12.6. The first-order valence-corrected chi connectivity index (χ1v) is 10.9. The number of ether oxygens (including phenoxy) is 1. The number of rotatable bonds is 7. The molecule has 1 N–H and O–H groups in total. The smallest absolute Gasteiger partial charge is 0.264 e. The third-order valence-electron chi connectivity index (χ3n) is 4.85. The van der Waals surface area contributed by atoms with Gasteiger partial charge in [-0.15, -0.1) is 0 Å². The fraction of sp³-hybridized carbons (Fsp3) is 0.174. The molecule has 0 bridgehead atoms. The Kier molecular flexibility index (Phi) is 6.60. The van der Waals surface area contributed by atoms with Crippen molar-refractivity contribution in [1.29, 1.82) is 0 Å². The van der Waals surface area contributed by atoms with Gasteiger partial charge in [-0.3, -0.25) is 9.10 Å². The van der Waals surface area contributed by atoms with Crippen LogP contribution in [0.4, 0.5) is 15.8 Å². The van der Waals surface area contributed by atoms with Gasteiger partial charge in [0.05, 0.1) is 17.7 Å². The molecule has 0 atom stereocenters. The summed E-state index contributed by atoms with van der Waals surface area (Å²) < 4.78 is 47.0. The molecule has 0 aliphatic heterocycles. The Morgan fingerprint density at radius 1 is 1.00 bits per heavy atom. The Balaban J connectivity index is 1.95. The lowest BCUT2D eigenvalue weighted by molar-refractivity contribution is -0.114. The summed E-state index contributed by atoms with van der Waals surface area (Å²) in [6.45, 7) is 3.26. The van der Waals surface area contributed by atoms with Crippen molar-refractivity contribution in [1.82, 2.24) is 0 Å². The number of benzene rings is 3. The van der Waals surface area contributed by atoms with Crippen molar-refractivity contribution >= 4 is 27.3 Å². The molecule has 162 valence electrons. The summed E-state index contributed by atoms with van der Waals surface area (Å²) >= 11 is 0. The first kappa shape index (κ1) is 22.3. The van der Waals surface area contributed by atoms with E-state index in [1.54, 1.807) is 12.1 Å². The number of methoxy groups -OCH3 is 1. The third kappa shape index (κ3) is 5.03. The number of nitrogens with one attached hydrogen (secondary N) is 1. The molecule has 0 unspecified atom stereocenters. The van der Waals surface area contributed by atoms with Crippen molar-refractivity contribution in [3.05, 3.63) is 83.7 Å². The van der Waals surface area contributed by atoms with Crippen LogP contribution < -0.4 is 14.4 Å². The summed E-state index contributed by atoms with van der Waals surface area (Å²) in [5, 5.41) is 2.68. The van der Waals surface area contributed by atoms with Gasteiger partial charge in [-0.25, -0.2) is 12.8 Å². The van der Waals surface area contributed by atoms with Crippen molar-refractivity contribution in [2.75, 3.05) is 23.3 Å². The summed E-state index contributed by atoms with van der Waals surface area (Å²) in [6, 6.07) is 16.5. The summed E-state index contributed by atoms with van der Waals surface area (Å²) in [5.41, 5.74) is 2.36. The van der Waals surface area contributed by atoms with Gasteiger partial charge in [0.2, 0.25) is 5.91 Å². The lowest BCUT2D eigenvalue weighted by Crippen LogP contribution is -2.38. The Morgan fingerprint density at radius 2 is 1.68 bits per heavy atom. The average molecular weight is 443 g/mol. The van der Waals surface area contributed by atoms with E-state index in [4.69, 9.17) is 4.74 Å². The van der Waals surface area contributed by atoms with E-state index >= 15 is 0 Å². The van der Waals surface area contributed by atoms with Gasteiger partial charge in [0.15, 0.2) is 0 Å². The van der Waals surface area contributed by atoms with E-state index < -0.39 is 28.3 Å². The lowest BCUT2D eigenvalue weighted by Gasteiger charge is -2.24. The molecular weight excluding hydrogens is 419 g/mol. The number of amides is 1. The largest absolute Gasteiger partial charge is 0.497 e. The molecule has 31 heavy (non-hydrogen) atoms. The van der Waals surface area contributed by atoms with Crippen LogP contribution in [0.5, 0.6) is 5.75 Å². The highest BCUT2D eigenvalue weighted by molar-refractivity contribution is 7.92. The number of aryl methyl sites for hydroxylation is 2. The van der Waals surface area contributed by atoms with Gasteiger partial charge >= 0.3 is 0 Å². The van der Waals surface area contributed by atoms with E-state index in [9.17, 15) is 17.6 Å². The quantitative estimate of drug-likeness (QED) is 0.592. The van der Waals surface area contributed by atoms with Gasteiger partial charge in [0, 0.05) is 5.69 Å². The number of hydrogen-bond donors (Lipinski definition) is 1. The molecule has 0 aromatic heterocycles. The highest BCUT2D eigenvalue weighted by Gasteiger charge is 2.29. The molecule has 1 amide bonds. The predicted octanol–water partition coefficient (Wildman–Crippen LogP) is 4.29. The zero-order chi connectivity index (χ0) is 22.6. The van der Waals surface area contributed by atoms with Crippen LogP contribution in [0.15, 0.2) is 71.6 Å². The standard InChI is InChI=1S/C23H23FN2O4S/c1-16-8-9-18(14-17(16)2)25-23(27)15-26(22-7-5-4-6-21(22)24)31(28,29)20-12-10-19(30-3)11-13-20/h4-14H,15H2,1-3H3,(H,25,27). The first-order chi connectivity index (χ1) is 14.7. The van der Waals surface area contributed by atoms with Crippen LogP contribution in [0.1, 0.15) is 11.1 Å². The van der Waals surface area contributed by atoms with Crippen LogP contribution in [0.3, 0.4) is 0 Å². The van der Waals surface area contributed by atoms with Crippen LogP contribution in [0.2, 0.25) is 0 Å². The summed E-state index contributed by atoms with van der Waals surface area (Å²) in [7, 11) is -2.76. The molecular formula is C23H23FN2O4S. The second-order valence-electron chi connectivity index (χ2n) is 6.99. The van der Waals surface area contributed by atoms with Crippen molar-refractivity contribution in [2.45, 2.75) is 18.7 Å². The molecule has 0 heterocycles. The number of carbonyl (C=O) groups excluding carboxylic acids is 1. The Labute approximate surface area is 181 Å². The summed E-state index contributed by atoms with van der Waals surface area (Å²) in [6.07, 6.45) is 0. The van der Waals surface area contributed by atoms with E-state index in [1.165, 1.54) is 49.6 Å². The van der Waals surface area contributed by atoms with E-state index in [0.717, 1.165) is 21.5 Å². The normalized spacial score (nSPS) is 11.1. The van der Waals surface area contributed by atoms with Gasteiger partial charge < -0.3 is 10.1 Å². The average Bonchev–Trinajstić information content (AvgIpc) is 2.75. The number of para-hydroxylation sites is 1. The Morgan fingerprint density at radius 3 is 2.29 bits per heavy atom. The monoisotopic (exact) mass is 442 g/mol. The molecule has 0 aliphatic carbocycles. The number of halogens is 1. The van der Waals surface area contributed by atoms with Gasteiger partial charge in [0.1, 0.15) is 18.1 Å². The fourth-order valence-electron chi connectivity index (χ4n) is 2.98. The van der Waals surface area contributed by atoms with Crippen LogP contribution in [0.25, 0.3) is 0 Å². The highest BCUT2D eigenvalue weighted by Crippen LogP contribution is 2.27. The molecule has 0 spiro atoms. The number of carbonyl (C=O) groups is 1. The molecule has 0 saturated carbocycles. The zero-order valence-corrected chi connectivity index (χ0v) is 18.2. The second kappa shape index (κ2) is 9.18. The van der Waals surface area contributed by atoms with Crippen LogP contribution in [0, 0.1) is 19.7 Å². The lowest BCUT2D eigenvalue weighted by atomic mass is 10.1. The maximum absolute atomic E-state index is 14.5. The molecule has 0 radical (unpaired) electrons. The van der Waals surface area contributed by atoms with Crippen molar-refractivity contribution in [2.24, 2.45) is 0 Å². The van der Waals surface area contributed by atoms with E-state index in [1.807, 2.05) is 19.9 Å². The van der Waals surface area contributed by atoms with Gasteiger partial charge in [-0.2, -0.15) is 0 Å². The molecule has 3 aromatic rings. The minimum Gasteiger partial charge on any atom is -0.497 e. The first-order valence-electron chi connectivity index (χ1n) is 9.51. The van der Waals surface area contributed by atoms with E-state index in [-0.39, 0.29) is 10.6 Å². The second-order valence-corrected chi connectivity index (χ2v) is 8.85. The van der Waals surface area contributed by atoms with Gasteiger partial charge in [-0.05, 0) is 73.5 Å². The maximum Gasteiger partial charge on any atom is 0.264 e. The molecule has 0 aliphatic rings. The van der Waals surface area contributed by atoms with Gasteiger partial charge in [-0.1, -0.05) is 18.2 Å². The third-order valence-corrected chi connectivity index (χ3v) is 6.62. The maximum atomic E-state index is 14.5. The SMILES string of the molecule is COc1ccc(S(=O)(=O)N(CC(=O)Nc2ccc(C)c(C)c2)c2ccccc2F)cc1. The molecule has 8 heteroatoms. The zero-order valence-electron chi connectivity index (χ0n) is 17.4. The van der Waals surface area contributed by atoms with Crippen LogP contribution in [-0.4, -0.2) is 28.0 Å². The molecule has 3 rings (SSSR count). The van der Waals surface area contributed by atoms with Crippen molar-refractivity contribution in [3.8, 4) is 5.75 Å². The molecule has 6 nitrogen and oxygen atoms in total. The van der Waals surface area contributed by atoms with Crippen molar-refractivity contribution < 1.29 is 22.3 Å². The molecule has 3 aromatic carbocycles. The Hall–Kier alpha value is -3.39. The number of nitrogens with zero attached hydrogens (tertiary/aromatic N) is 1. The van der Waals surface area contributed by atoms with Gasteiger partial charge in [0.25, 0.3) is 10.0 Å². The number of hydrogen-bond acceptors (Lipinski definition) is 4. The Bertz CT molecular complexity index is 1190. The molecule has 0 saturated heterocycles. The summed E-state index contributed by atoms with van der Waals surface area (Å²) in [5.74, 6) is -0.869. The minimum atomic E-state index is -4.23. The minimum absolute atomic E-state index is 0.0875. The highest BCUT2D eigenvalue weighted by atomic mass is 32.2. The fourth-order valence-corrected chi connectivity index (χ4v) is 4.41. The topological polar surface area (TPSA) is 75.7 Å². The molecule has 0 fully saturated rings. The van der Waals surface area contributed by atoms with Crippen LogP contribution in [-0.2, 0) is 14.8 Å². The van der Waals surface area contributed by atoms with E-state index in [2.05, 4.69) is 5.32 Å². The number of anilines is 2. The predicted molar refractivity (Wildman–Crippen MR) is 118 cm³/mol. The van der Waals surface area contributed by atoms with Crippen LogP contribution >= 0.6 is 0 Å². The number of sulfonamides is 1. The van der Waals surface area contributed by atoms with E-state index in [0.29, 0.717) is 11.4 Å². The van der Waals surface area contributed by atoms with Crippen molar-refractivity contribution in [3.63, 3.8) is 0 Å².